The van der Waals surface area contributed by atoms with Crippen LogP contribution in [0.1, 0.15) is 43.2 Å². The summed E-state index contributed by atoms with van der Waals surface area (Å²) in [6.45, 7) is 5.93. The number of hydrogen-bond donors (Lipinski definition) is 4. The van der Waals surface area contributed by atoms with Crippen molar-refractivity contribution in [2.24, 2.45) is 0 Å². The molecule has 2 aromatic rings. The molecule has 1 atom stereocenters. The van der Waals surface area contributed by atoms with Crippen LogP contribution in [0.15, 0.2) is 42.9 Å². The Labute approximate surface area is 180 Å². The summed E-state index contributed by atoms with van der Waals surface area (Å²) in [5, 5.41) is 11.2. The average molecular weight is 426 g/mol. The Morgan fingerprint density at radius 3 is 2.68 bits per heavy atom. The zero-order chi connectivity index (χ0) is 22.5. The van der Waals surface area contributed by atoms with Crippen LogP contribution in [-0.2, 0) is 14.3 Å². The third-order valence-corrected chi connectivity index (χ3v) is 4.48. The molecule has 1 saturated heterocycles. The Morgan fingerprint density at radius 2 is 2.03 bits per heavy atom. The van der Waals surface area contributed by atoms with E-state index in [2.05, 4.69) is 26.1 Å². The van der Waals surface area contributed by atoms with Crippen LogP contribution in [0.3, 0.4) is 0 Å². The molecule has 0 radical (unpaired) electrons. The van der Waals surface area contributed by atoms with Crippen molar-refractivity contribution in [1.82, 2.24) is 20.8 Å². The maximum Gasteiger partial charge on any atom is 0.338 e. The Morgan fingerprint density at radius 1 is 1.23 bits per heavy atom. The predicted octanol–water partition coefficient (Wildman–Crippen LogP) is 1.65. The fourth-order valence-corrected chi connectivity index (χ4v) is 2.98. The van der Waals surface area contributed by atoms with Gasteiger partial charge in [0.05, 0.1) is 12.2 Å². The second-order valence-electron chi connectivity index (χ2n) is 8.14. The number of amidine groups is 1. The second-order valence-corrected chi connectivity index (χ2v) is 8.14. The van der Waals surface area contributed by atoms with Crippen molar-refractivity contribution in [1.29, 1.82) is 5.41 Å². The van der Waals surface area contributed by atoms with Gasteiger partial charge in [-0.05, 0) is 45.0 Å². The smallest absolute Gasteiger partial charge is 0.338 e. The lowest BCUT2D eigenvalue weighted by Gasteiger charge is -2.29. The van der Waals surface area contributed by atoms with Crippen LogP contribution in [0.5, 0.6) is 0 Å². The molecule has 2 heterocycles. The lowest BCUT2D eigenvalue weighted by molar-refractivity contribution is -0.126. The van der Waals surface area contributed by atoms with Gasteiger partial charge in [-0.25, -0.2) is 14.8 Å². The van der Waals surface area contributed by atoms with Crippen molar-refractivity contribution in [3.63, 3.8) is 0 Å². The number of aromatic nitrogens is 2. The van der Waals surface area contributed by atoms with E-state index >= 15 is 0 Å². The summed E-state index contributed by atoms with van der Waals surface area (Å²) < 4.78 is 10.9. The van der Waals surface area contributed by atoms with Gasteiger partial charge in [0.1, 0.15) is 23.2 Å². The quantitative estimate of drug-likeness (QED) is 0.245. The maximum atomic E-state index is 13.0. The minimum atomic E-state index is -1.06. The molecular weight excluding hydrogens is 400 g/mol. The standard InChI is InChI=1S/C21H26N6O4/c1-20(2,3)31-18(28)14-5-4-6-15(11-14)25-21(8-10-30-12-21)19(29)27-26-17(22)16-7-9-23-13-24-16/h4-7,9,11,13,25H,8,10,12H2,1-3H3,(H2,22,26)(H,27,29). The van der Waals surface area contributed by atoms with Crippen LogP contribution in [-0.4, -0.2) is 52.0 Å². The van der Waals surface area contributed by atoms with Gasteiger partial charge in [0, 0.05) is 24.9 Å². The first-order chi connectivity index (χ1) is 14.7. The fraction of sp³-hybridized carbons (Fsp3) is 0.381. The monoisotopic (exact) mass is 426 g/mol. The van der Waals surface area contributed by atoms with Crippen molar-refractivity contribution in [3.8, 4) is 0 Å². The molecule has 3 rings (SSSR count). The number of benzene rings is 1. The van der Waals surface area contributed by atoms with E-state index in [9.17, 15) is 9.59 Å². The van der Waals surface area contributed by atoms with Gasteiger partial charge in [-0.3, -0.25) is 21.1 Å². The molecule has 10 nitrogen and oxygen atoms in total. The van der Waals surface area contributed by atoms with E-state index in [0.717, 1.165) is 0 Å². The van der Waals surface area contributed by atoms with Gasteiger partial charge >= 0.3 is 5.97 Å². The number of carbonyl (C=O) groups is 2. The van der Waals surface area contributed by atoms with Gasteiger partial charge in [-0.2, -0.15) is 0 Å². The van der Waals surface area contributed by atoms with Crippen molar-refractivity contribution in [2.45, 2.75) is 38.3 Å². The van der Waals surface area contributed by atoms with Crippen LogP contribution in [0.25, 0.3) is 0 Å². The number of carbonyl (C=O) groups excluding carboxylic acids is 2. The highest BCUT2D eigenvalue weighted by atomic mass is 16.6. The minimum Gasteiger partial charge on any atom is -0.456 e. The van der Waals surface area contributed by atoms with Crippen LogP contribution >= 0.6 is 0 Å². The number of hydrazine groups is 1. The molecule has 10 heteroatoms. The van der Waals surface area contributed by atoms with Gasteiger partial charge in [0.2, 0.25) is 0 Å². The lowest BCUT2D eigenvalue weighted by atomic mass is 9.97. The maximum absolute atomic E-state index is 13.0. The van der Waals surface area contributed by atoms with Gasteiger partial charge < -0.3 is 14.8 Å². The summed E-state index contributed by atoms with van der Waals surface area (Å²) in [6.07, 6.45) is 3.24. The molecule has 1 unspecified atom stereocenters. The summed E-state index contributed by atoms with van der Waals surface area (Å²) in [6, 6.07) is 8.32. The first-order valence-corrected chi connectivity index (χ1v) is 9.79. The number of anilines is 1. The SMILES string of the molecule is CC(C)(C)OC(=O)c1cccc(NC2(C(=O)NNC(=N)c3ccncn3)CCOC2)c1. The van der Waals surface area contributed by atoms with Gasteiger partial charge in [0.25, 0.3) is 5.91 Å². The molecule has 1 aromatic heterocycles. The zero-order valence-corrected chi connectivity index (χ0v) is 17.7. The van der Waals surface area contributed by atoms with E-state index in [-0.39, 0.29) is 12.4 Å². The highest BCUT2D eigenvalue weighted by Crippen LogP contribution is 2.26. The number of amides is 1. The molecule has 1 aromatic carbocycles. The Kier molecular flexibility index (Phi) is 6.50. The molecular formula is C21H26N6O4. The molecule has 4 N–H and O–H groups in total. The number of nitrogens with zero attached hydrogens (tertiary/aromatic N) is 2. The molecule has 1 aliphatic rings. The van der Waals surface area contributed by atoms with Crippen LogP contribution in [0.4, 0.5) is 5.69 Å². The number of hydrogen-bond acceptors (Lipinski definition) is 8. The Balaban J connectivity index is 1.70. The van der Waals surface area contributed by atoms with Gasteiger partial charge in [-0.15, -0.1) is 0 Å². The molecule has 1 amide bonds. The van der Waals surface area contributed by atoms with E-state index in [4.69, 9.17) is 14.9 Å². The number of rotatable bonds is 5. The van der Waals surface area contributed by atoms with Crippen LogP contribution in [0.2, 0.25) is 0 Å². The van der Waals surface area contributed by atoms with Crippen molar-refractivity contribution < 1.29 is 19.1 Å². The molecule has 0 saturated carbocycles. The first kappa shape index (κ1) is 22.2. The summed E-state index contributed by atoms with van der Waals surface area (Å²) in [7, 11) is 0. The van der Waals surface area contributed by atoms with E-state index in [1.54, 1.807) is 51.1 Å². The predicted molar refractivity (Wildman–Crippen MR) is 114 cm³/mol. The van der Waals surface area contributed by atoms with Gasteiger partial charge in [0.15, 0.2) is 5.84 Å². The van der Waals surface area contributed by atoms with Crippen LogP contribution in [0, 0.1) is 5.41 Å². The van der Waals surface area contributed by atoms with E-state index in [0.29, 0.717) is 30.0 Å². The highest BCUT2D eigenvalue weighted by molar-refractivity contribution is 5.97. The van der Waals surface area contributed by atoms with Crippen molar-refractivity contribution in [3.05, 3.63) is 54.1 Å². The van der Waals surface area contributed by atoms with E-state index in [1.807, 2.05) is 0 Å². The summed E-state index contributed by atoms with van der Waals surface area (Å²) in [5.74, 6) is -0.916. The number of ether oxygens (including phenoxy) is 2. The summed E-state index contributed by atoms with van der Waals surface area (Å²) >= 11 is 0. The van der Waals surface area contributed by atoms with Crippen molar-refractivity contribution in [2.75, 3.05) is 18.5 Å². The Bertz CT molecular complexity index is 952. The molecule has 0 bridgehead atoms. The molecule has 31 heavy (non-hydrogen) atoms. The second kappa shape index (κ2) is 9.09. The van der Waals surface area contributed by atoms with Crippen molar-refractivity contribution >= 4 is 23.4 Å². The average Bonchev–Trinajstić information content (AvgIpc) is 3.21. The van der Waals surface area contributed by atoms with E-state index < -0.39 is 23.0 Å². The summed E-state index contributed by atoms with van der Waals surface area (Å²) in [4.78, 5) is 33.1. The number of nitrogens with one attached hydrogen (secondary N) is 4. The van der Waals surface area contributed by atoms with Crippen LogP contribution < -0.4 is 16.2 Å². The first-order valence-electron chi connectivity index (χ1n) is 9.79. The normalized spacial score (nSPS) is 18.2. The highest BCUT2D eigenvalue weighted by Gasteiger charge is 2.42. The van der Waals surface area contributed by atoms with E-state index in [1.165, 1.54) is 12.5 Å². The number of esters is 1. The molecule has 0 aliphatic carbocycles. The molecule has 0 spiro atoms. The molecule has 164 valence electrons. The lowest BCUT2D eigenvalue weighted by Crippen LogP contribution is -2.57. The largest absolute Gasteiger partial charge is 0.456 e. The molecule has 1 aliphatic heterocycles. The topological polar surface area (TPSA) is 138 Å². The third kappa shape index (κ3) is 5.76. The zero-order valence-electron chi connectivity index (χ0n) is 17.7. The Hall–Kier alpha value is -3.53. The minimum absolute atomic E-state index is 0.0725. The third-order valence-electron chi connectivity index (χ3n) is 4.48. The van der Waals surface area contributed by atoms with Gasteiger partial charge in [-0.1, -0.05) is 6.07 Å². The fourth-order valence-electron chi connectivity index (χ4n) is 2.98. The molecule has 1 fully saturated rings. The summed E-state index contributed by atoms with van der Waals surface area (Å²) in [5.41, 5.74) is 4.73.